The van der Waals surface area contributed by atoms with E-state index < -0.39 is 23.7 Å². The van der Waals surface area contributed by atoms with Gasteiger partial charge in [-0.25, -0.2) is 0 Å². The summed E-state index contributed by atoms with van der Waals surface area (Å²) < 4.78 is 57.0. The molecule has 48 heavy (non-hydrogen) atoms. The highest BCUT2D eigenvalue weighted by atomic mass is 19.3. The molecule has 0 aliphatic carbocycles. The predicted molar refractivity (Wildman–Crippen MR) is 195 cm³/mol. The van der Waals surface area contributed by atoms with Crippen molar-refractivity contribution >= 4 is 11.8 Å². The molecule has 0 bridgehead atoms. The van der Waals surface area contributed by atoms with E-state index in [4.69, 9.17) is 0 Å². The van der Waals surface area contributed by atoms with Crippen LogP contribution in [0.3, 0.4) is 0 Å². The minimum Gasteiger partial charge on any atom is -0.351 e. The summed E-state index contributed by atoms with van der Waals surface area (Å²) in [6, 6.07) is 0. The number of rotatable bonds is 37. The van der Waals surface area contributed by atoms with Gasteiger partial charge in [-0.05, 0) is 12.8 Å². The van der Waals surface area contributed by atoms with Gasteiger partial charge in [0.2, 0.25) is 0 Å². The molecule has 0 heterocycles. The van der Waals surface area contributed by atoms with Gasteiger partial charge < -0.3 is 10.6 Å². The molecule has 0 aliphatic heterocycles. The van der Waals surface area contributed by atoms with Gasteiger partial charge in [0.15, 0.2) is 0 Å². The van der Waals surface area contributed by atoms with Gasteiger partial charge in [-0.15, -0.1) is 0 Å². The molecule has 0 fully saturated rings. The van der Waals surface area contributed by atoms with Crippen molar-refractivity contribution in [3.8, 4) is 0 Å². The van der Waals surface area contributed by atoms with Gasteiger partial charge >= 0.3 is 11.8 Å². The largest absolute Gasteiger partial charge is 0.395 e. The third kappa shape index (κ3) is 25.6. The zero-order chi connectivity index (χ0) is 35.6. The molecule has 0 aromatic rings. The zero-order valence-electron chi connectivity index (χ0n) is 31.4. The van der Waals surface area contributed by atoms with Gasteiger partial charge in [0, 0.05) is 13.1 Å². The summed E-state index contributed by atoms with van der Waals surface area (Å²) in [4.78, 5) is 23.8. The van der Waals surface area contributed by atoms with Gasteiger partial charge in [-0.2, -0.15) is 17.6 Å². The van der Waals surface area contributed by atoms with Crippen LogP contribution >= 0.6 is 0 Å². The first-order valence-corrected chi connectivity index (χ1v) is 20.5. The Morgan fingerprint density at radius 3 is 0.688 bits per heavy atom. The summed E-state index contributed by atoms with van der Waals surface area (Å²) in [7, 11) is 0. The summed E-state index contributed by atoms with van der Waals surface area (Å²) in [5.41, 5.74) is 0. The average molecular weight is 693 g/mol. The summed E-state index contributed by atoms with van der Waals surface area (Å²) in [6.45, 7) is 4.26. The molecule has 2 amide bonds. The quantitative estimate of drug-likeness (QED) is 0.0503. The Morgan fingerprint density at radius 1 is 0.333 bits per heavy atom. The second kappa shape index (κ2) is 32.8. The third-order valence-corrected chi connectivity index (χ3v) is 9.60. The maximum absolute atomic E-state index is 14.3. The number of hydrogen-bond donors (Lipinski definition) is 2. The highest BCUT2D eigenvalue weighted by Gasteiger charge is 2.66. The highest BCUT2D eigenvalue weighted by Crippen LogP contribution is 2.34. The van der Waals surface area contributed by atoms with Crippen LogP contribution in [0.4, 0.5) is 17.6 Å². The summed E-state index contributed by atoms with van der Waals surface area (Å²) in [5.74, 6) is -14.4. The zero-order valence-corrected chi connectivity index (χ0v) is 31.4. The third-order valence-electron chi connectivity index (χ3n) is 9.60. The maximum Gasteiger partial charge on any atom is 0.395 e. The molecule has 0 atom stereocenters. The number of nitrogens with one attached hydrogen (secondary N) is 2. The van der Waals surface area contributed by atoms with E-state index in [1.165, 1.54) is 141 Å². The Hall–Kier alpha value is -1.34. The van der Waals surface area contributed by atoms with Gasteiger partial charge in [-0.1, -0.05) is 206 Å². The number of unbranched alkanes of at least 4 members (excludes halogenated alkanes) is 30. The smallest absolute Gasteiger partial charge is 0.351 e. The van der Waals surface area contributed by atoms with E-state index in [0.29, 0.717) is 12.8 Å². The van der Waals surface area contributed by atoms with E-state index in [1.54, 1.807) is 0 Å². The van der Waals surface area contributed by atoms with Crippen molar-refractivity contribution in [2.75, 3.05) is 13.1 Å². The first-order chi connectivity index (χ1) is 23.2. The lowest BCUT2D eigenvalue weighted by Gasteiger charge is -2.24. The molecule has 0 saturated carbocycles. The molecule has 0 aromatic heterocycles. The summed E-state index contributed by atoms with van der Waals surface area (Å²) >= 11 is 0. The molecule has 0 saturated heterocycles. The second-order valence-electron chi connectivity index (χ2n) is 14.3. The molecule has 8 heteroatoms. The molecule has 0 spiro atoms. The van der Waals surface area contributed by atoms with E-state index in [9.17, 15) is 27.2 Å². The van der Waals surface area contributed by atoms with E-state index in [-0.39, 0.29) is 13.1 Å². The number of amides is 2. The SMILES string of the molecule is CCCCCCCCCCCCCCCCCCNC(=O)C(F)(F)C(F)(F)C(=O)NCCCCCCCCCCCCCCCCCC. The fourth-order valence-electron chi connectivity index (χ4n) is 6.26. The van der Waals surface area contributed by atoms with Crippen LogP contribution in [0.1, 0.15) is 219 Å². The molecule has 0 aromatic carbocycles. The Kier molecular flexibility index (Phi) is 31.9. The van der Waals surface area contributed by atoms with Crippen LogP contribution in [-0.2, 0) is 9.59 Å². The van der Waals surface area contributed by atoms with Crippen molar-refractivity contribution in [3.63, 3.8) is 0 Å². The Labute approximate surface area is 293 Å². The monoisotopic (exact) mass is 693 g/mol. The maximum atomic E-state index is 14.3. The van der Waals surface area contributed by atoms with Crippen LogP contribution in [0, 0.1) is 0 Å². The van der Waals surface area contributed by atoms with Crippen molar-refractivity contribution in [2.45, 2.75) is 231 Å². The van der Waals surface area contributed by atoms with Crippen LogP contribution in [0.2, 0.25) is 0 Å². The van der Waals surface area contributed by atoms with Crippen molar-refractivity contribution in [2.24, 2.45) is 0 Å². The number of carbonyl (C=O) groups is 2. The Balaban J connectivity index is 3.75. The minimum absolute atomic E-state index is 0.107. The summed E-state index contributed by atoms with van der Waals surface area (Å²) in [5, 5.41) is 3.82. The van der Waals surface area contributed by atoms with E-state index in [0.717, 1.165) is 51.4 Å². The predicted octanol–water partition coefficient (Wildman–Crippen LogP) is 13.0. The molecule has 0 radical (unpaired) electrons. The minimum atomic E-state index is -5.10. The van der Waals surface area contributed by atoms with Crippen molar-refractivity contribution in [1.82, 2.24) is 10.6 Å². The van der Waals surface area contributed by atoms with Crippen molar-refractivity contribution < 1.29 is 27.2 Å². The van der Waals surface area contributed by atoms with Crippen molar-refractivity contribution in [3.05, 3.63) is 0 Å². The lowest BCUT2D eigenvalue weighted by atomic mass is 10.0. The van der Waals surface area contributed by atoms with E-state index >= 15 is 0 Å². The lowest BCUT2D eigenvalue weighted by molar-refractivity contribution is -0.211. The lowest BCUT2D eigenvalue weighted by Crippen LogP contribution is -2.59. The number of carbonyl (C=O) groups excluding carboxylic acids is 2. The molecule has 286 valence electrons. The average Bonchev–Trinajstić information content (AvgIpc) is 3.07. The molecular weight excluding hydrogens is 616 g/mol. The molecule has 0 aliphatic rings. The van der Waals surface area contributed by atoms with Crippen molar-refractivity contribution in [1.29, 1.82) is 0 Å². The van der Waals surface area contributed by atoms with Gasteiger partial charge in [-0.3, -0.25) is 9.59 Å². The molecular formula is C40H76F4N2O2. The first-order valence-electron chi connectivity index (χ1n) is 20.5. The molecule has 0 rings (SSSR count). The molecule has 0 unspecified atom stereocenters. The standard InChI is InChI=1S/C40H76F4N2O2/c1-3-5-7-9-11-13-15-17-19-21-23-25-27-29-31-33-35-45-37(47)39(41,42)40(43,44)38(48)46-36-34-32-30-28-26-24-22-20-18-16-14-12-10-8-6-4-2/h3-36H2,1-2H3,(H,45,47)(H,46,48). The normalized spacial score (nSPS) is 12.0. The van der Waals surface area contributed by atoms with Gasteiger partial charge in [0.1, 0.15) is 0 Å². The van der Waals surface area contributed by atoms with E-state index in [2.05, 4.69) is 13.8 Å². The highest BCUT2D eigenvalue weighted by molar-refractivity contribution is 5.95. The number of halogens is 4. The van der Waals surface area contributed by atoms with Crippen LogP contribution in [-0.4, -0.2) is 36.7 Å². The first kappa shape index (κ1) is 46.7. The number of alkyl halides is 4. The Bertz CT molecular complexity index is 676. The molecule has 4 nitrogen and oxygen atoms in total. The summed E-state index contributed by atoms with van der Waals surface area (Å²) in [6.07, 6.45) is 37.3. The topological polar surface area (TPSA) is 58.2 Å². The van der Waals surface area contributed by atoms with Crippen LogP contribution in [0.25, 0.3) is 0 Å². The van der Waals surface area contributed by atoms with Crippen LogP contribution < -0.4 is 10.6 Å². The second-order valence-corrected chi connectivity index (χ2v) is 14.3. The number of hydrogen-bond acceptors (Lipinski definition) is 2. The van der Waals surface area contributed by atoms with Crippen LogP contribution in [0.5, 0.6) is 0 Å². The Morgan fingerprint density at radius 2 is 0.500 bits per heavy atom. The van der Waals surface area contributed by atoms with Gasteiger partial charge in [0.05, 0.1) is 0 Å². The fourth-order valence-corrected chi connectivity index (χ4v) is 6.26. The van der Waals surface area contributed by atoms with E-state index in [1.807, 2.05) is 10.6 Å². The fraction of sp³-hybridized carbons (Fsp3) is 0.950. The van der Waals surface area contributed by atoms with Gasteiger partial charge in [0.25, 0.3) is 11.8 Å². The molecule has 2 N–H and O–H groups in total. The van der Waals surface area contributed by atoms with Crippen LogP contribution in [0.15, 0.2) is 0 Å².